The molecule has 0 aromatic heterocycles. The Hall–Kier alpha value is -3.18. The molecule has 0 fully saturated rings. The molecule has 0 aliphatic rings. The molecule has 0 unspecified atom stereocenters. The molecular formula is C25H26N2O2S. The molecule has 0 saturated carbocycles. The molecular weight excluding hydrogens is 392 g/mol. The first kappa shape index (κ1) is 21.5. The normalized spacial score (nSPS) is 10.3. The Morgan fingerprint density at radius 1 is 0.933 bits per heavy atom. The van der Waals surface area contributed by atoms with Crippen LogP contribution in [0.15, 0.2) is 78.9 Å². The quantitative estimate of drug-likeness (QED) is 0.396. The predicted octanol–water partition coefficient (Wildman–Crippen LogP) is 5.06. The summed E-state index contributed by atoms with van der Waals surface area (Å²) in [5.41, 5.74) is 4.20. The maximum atomic E-state index is 12.2. The van der Waals surface area contributed by atoms with Crippen molar-refractivity contribution in [2.75, 3.05) is 11.9 Å². The monoisotopic (exact) mass is 418 g/mol. The van der Waals surface area contributed by atoms with Gasteiger partial charge in [0, 0.05) is 5.69 Å². The van der Waals surface area contributed by atoms with Gasteiger partial charge >= 0.3 is 0 Å². The Morgan fingerprint density at radius 3 is 2.37 bits per heavy atom. The van der Waals surface area contributed by atoms with Crippen LogP contribution in [0, 0.1) is 6.92 Å². The third-order valence-corrected chi connectivity index (χ3v) is 4.90. The highest BCUT2D eigenvalue weighted by Gasteiger charge is 2.08. The largest absolute Gasteiger partial charge is 0.494 e. The van der Waals surface area contributed by atoms with Crippen molar-refractivity contribution in [2.24, 2.45) is 0 Å². The van der Waals surface area contributed by atoms with Gasteiger partial charge in [0.25, 0.3) is 0 Å². The molecule has 0 atom stereocenters. The molecule has 3 aromatic carbocycles. The first-order valence-corrected chi connectivity index (χ1v) is 10.4. The highest BCUT2D eigenvalue weighted by Crippen LogP contribution is 2.16. The first-order valence-electron chi connectivity index (χ1n) is 10.0. The highest BCUT2D eigenvalue weighted by atomic mass is 32.1. The summed E-state index contributed by atoms with van der Waals surface area (Å²) in [6, 6.07) is 25.8. The van der Waals surface area contributed by atoms with Crippen LogP contribution in [0.25, 0.3) is 0 Å². The zero-order chi connectivity index (χ0) is 21.2. The minimum Gasteiger partial charge on any atom is -0.494 e. The van der Waals surface area contributed by atoms with Gasteiger partial charge in [-0.3, -0.25) is 4.79 Å². The van der Waals surface area contributed by atoms with E-state index in [1.54, 1.807) is 0 Å². The van der Waals surface area contributed by atoms with E-state index >= 15 is 0 Å². The molecule has 2 N–H and O–H groups in total. The van der Waals surface area contributed by atoms with Gasteiger partial charge in [-0.05, 0) is 72.9 Å². The Bertz CT molecular complexity index is 972. The van der Waals surface area contributed by atoms with E-state index < -0.39 is 0 Å². The van der Waals surface area contributed by atoms with E-state index in [1.807, 2.05) is 61.5 Å². The number of hydrogen-bond acceptors (Lipinski definition) is 3. The average molecular weight is 419 g/mol. The van der Waals surface area contributed by atoms with Crippen molar-refractivity contribution in [2.45, 2.75) is 26.2 Å². The molecule has 0 saturated heterocycles. The van der Waals surface area contributed by atoms with Gasteiger partial charge in [-0.2, -0.15) is 0 Å². The number of rotatable bonds is 8. The minimum absolute atomic E-state index is 0.139. The molecule has 0 aliphatic heterocycles. The Kier molecular flexibility index (Phi) is 7.98. The zero-order valence-corrected chi connectivity index (χ0v) is 17.9. The van der Waals surface area contributed by atoms with Crippen molar-refractivity contribution in [1.82, 2.24) is 5.32 Å². The Balaban J connectivity index is 1.39. The van der Waals surface area contributed by atoms with Crippen LogP contribution < -0.4 is 15.4 Å². The molecule has 0 heterocycles. The first-order chi connectivity index (χ1) is 14.6. The number of carbonyl (C=O) groups excluding carboxylic acids is 1. The third-order valence-electron chi connectivity index (χ3n) is 4.70. The summed E-state index contributed by atoms with van der Waals surface area (Å²) in [6.45, 7) is 2.65. The molecule has 0 spiro atoms. The van der Waals surface area contributed by atoms with Crippen molar-refractivity contribution in [1.29, 1.82) is 0 Å². The summed E-state index contributed by atoms with van der Waals surface area (Å²) in [7, 11) is 0. The molecule has 154 valence electrons. The maximum Gasteiger partial charge on any atom is 0.230 e. The second-order valence-corrected chi connectivity index (χ2v) is 7.48. The van der Waals surface area contributed by atoms with Gasteiger partial charge < -0.3 is 15.4 Å². The van der Waals surface area contributed by atoms with Crippen LogP contribution in [0.4, 0.5) is 5.69 Å². The lowest BCUT2D eigenvalue weighted by atomic mass is 10.1. The van der Waals surface area contributed by atoms with Gasteiger partial charge in [-0.1, -0.05) is 54.6 Å². The van der Waals surface area contributed by atoms with E-state index in [0.717, 1.165) is 35.4 Å². The van der Waals surface area contributed by atoms with Crippen LogP contribution in [0.3, 0.4) is 0 Å². The maximum absolute atomic E-state index is 12.2. The summed E-state index contributed by atoms with van der Waals surface area (Å²) < 4.78 is 5.80. The lowest BCUT2D eigenvalue weighted by Crippen LogP contribution is -2.35. The fourth-order valence-electron chi connectivity index (χ4n) is 3.06. The summed E-state index contributed by atoms with van der Waals surface area (Å²) in [5.74, 6) is 0.670. The highest BCUT2D eigenvalue weighted by molar-refractivity contribution is 7.80. The predicted molar refractivity (Wildman–Crippen MR) is 126 cm³/mol. The van der Waals surface area contributed by atoms with Crippen molar-refractivity contribution in [3.63, 3.8) is 0 Å². The molecule has 0 bridgehead atoms. The molecule has 5 heteroatoms. The van der Waals surface area contributed by atoms with Crippen LogP contribution >= 0.6 is 12.2 Å². The standard InChI is InChI=1S/C25H26N2O2S/c1-19-8-5-6-12-21(19)18-24(28)27-25(30)26-22-13-15-23(16-14-22)29-17-7-11-20-9-3-2-4-10-20/h2-6,8-10,12-16H,7,11,17-18H2,1H3,(H2,26,27,28,30). The van der Waals surface area contributed by atoms with E-state index in [1.165, 1.54) is 5.56 Å². The fourth-order valence-corrected chi connectivity index (χ4v) is 3.29. The molecule has 3 rings (SSSR count). The van der Waals surface area contributed by atoms with Crippen LogP contribution in [-0.2, 0) is 17.6 Å². The van der Waals surface area contributed by atoms with Crippen LogP contribution in [0.2, 0.25) is 0 Å². The number of ether oxygens (including phenoxy) is 1. The van der Waals surface area contributed by atoms with E-state index in [9.17, 15) is 4.79 Å². The number of benzene rings is 3. The number of nitrogens with one attached hydrogen (secondary N) is 2. The third kappa shape index (κ3) is 7.01. The van der Waals surface area contributed by atoms with E-state index in [2.05, 4.69) is 34.9 Å². The Labute approximate surface area is 183 Å². The molecule has 30 heavy (non-hydrogen) atoms. The molecule has 3 aromatic rings. The van der Waals surface area contributed by atoms with Gasteiger partial charge in [0.1, 0.15) is 5.75 Å². The molecule has 1 amide bonds. The average Bonchev–Trinajstić information content (AvgIpc) is 2.74. The van der Waals surface area contributed by atoms with Gasteiger partial charge in [0.2, 0.25) is 5.91 Å². The fraction of sp³-hybridized carbons (Fsp3) is 0.200. The number of thiocarbonyl (C=S) groups is 1. The van der Waals surface area contributed by atoms with E-state index in [4.69, 9.17) is 17.0 Å². The number of aryl methyl sites for hydroxylation is 2. The minimum atomic E-state index is -0.139. The van der Waals surface area contributed by atoms with Crippen molar-refractivity contribution in [3.8, 4) is 5.75 Å². The van der Waals surface area contributed by atoms with Gasteiger partial charge in [-0.15, -0.1) is 0 Å². The van der Waals surface area contributed by atoms with Crippen LogP contribution in [0.1, 0.15) is 23.1 Å². The number of anilines is 1. The molecule has 0 aliphatic carbocycles. The van der Waals surface area contributed by atoms with Crippen molar-refractivity contribution in [3.05, 3.63) is 95.6 Å². The van der Waals surface area contributed by atoms with Crippen molar-refractivity contribution >= 4 is 28.9 Å². The van der Waals surface area contributed by atoms with Gasteiger partial charge in [0.15, 0.2) is 5.11 Å². The number of hydrogen-bond donors (Lipinski definition) is 2. The van der Waals surface area contributed by atoms with E-state index in [-0.39, 0.29) is 11.0 Å². The lowest BCUT2D eigenvalue weighted by Gasteiger charge is -2.11. The second-order valence-electron chi connectivity index (χ2n) is 7.07. The molecule has 0 radical (unpaired) electrons. The second kappa shape index (κ2) is 11.1. The summed E-state index contributed by atoms with van der Waals surface area (Å²) in [6.07, 6.45) is 2.25. The van der Waals surface area contributed by atoms with E-state index in [0.29, 0.717) is 13.0 Å². The van der Waals surface area contributed by atoms with Gasteiger partial charge in [0.05, 0.1) is 13.0 Å². The zero-order valence-electron chi connectivity index (χ0n) is 17.1. The number of carbonyl (C=O) groups is 1. The number of amides is 1. The van der Waals surface area contributed by atoms with Crippen LogP contribution in [-0.4, -0.2) is 17.6 Å². The topological polar surface area (TPSA) is 50.4 Å². The SMILES string of the molecule is Cc1ccccc1CC(=O)NC(=S)Nc1ccc(OCCCc2ccccc2)cc1. The van der Waals surface area contributed by atoms with Gasteiger partial charge in [-0.25, -0.2) is 0 Å². The lowest BCUT2D eigenvalue weighted by molar-refractivity contribution is -0.119. The smallest absolute Gasteiger partial charge is 0.230 e. The summed E-state index contributed by atoms with van der Waals surface area (Å²) in [5, 5.41) is 6.04. The summed E-state index contributed by atoms with van der Waals surface area (Å²) >= 11 is 5.25. The Morgan fingerprint density at radius 2 is 1.63 bits per heavy atom. The van der Waals surface area contributed by atoms with Crippen LogP contribution in [0.5, 0.6) is 5.75 Å². The van der Waals surface area contributed by atoms with Crippen molar-refractivity contribution < 1.29 is 9.53 Å². The molecule has 4 nitrogen and oxygen atoms in total. The summed E-state index contributed by atoms with van der Waals surface area (Å²) in [4.78, 5) is 12.2.